The van der Waals surface area contributed by atoms with E-state index >= 15 is 0 Å². The maximum Gasteiger partial charge on any atom is 0.246 e. The van der Waals surface area contributed by atoms with Crippen molar-refractivity contribution in [2.45, 2.75) is 19.8 Å². The zero-order valence-corrected chi connectivity index (χ0v) is 14.6. The first-order valence-electron chi connectivity index (χ1n) is 7.71. The van der Waals surface area contributed by atoms with Gasteiger partial charge in [-0.15, -0.1) is 0 Å². The zero-order valence-electron chi connectivity index (χ0n) is 13.1. The second kappa shape index (κ2) is 8.37. The lowest BCUT2D eigenvalue weighted by Crippen LogP contribution is -2.35. The summed E-state index contributed by atoms with van der Waals surface area (Å²) in [6, 6.07) is 5.21. The first-order chi connectivity index (χ1) is 11.0. The SMILES string of the molecule is CCCN1CCN(C(=O)C=Cc2ccc(Cl)c(Cl)c2)CCC1=O. The van der Waals surface area contributed by atoms with Crippen LogP contribution in [0, 0.1) is 0 Å². The quantitative estimate of drug-likeness (QED) is 0.776. The second-order valence-electron chi connectivity index (χ2n) is 5.46. The predicted octanol–water partition coefficient (Wildman–Crippen LogP) is 3.48. The summed E-state index contributed by atoms with van der Waals surface area (Å²) in [6.45, 7) is 4.42. The highest BCUT2D eigenvalue weighted by Crippen LogP contribution is 2.23. The highest BCUT2D eigenvalue weighted by molar-refractivity contribution is 6.42. The zero-order chi connectivity index (χ0) is 16.8. The number of amides is 2. The Hall–Kier alpha value is -1.52. The molecule has 2 rings (SSSR count). The van der Waals surface area contributed by atoms with Crippen molar-refractivity contribution in [3.63, 3.8) is 0 Å². The summed E-state index contributed by atoms with van der Waals surface area (Å²) in [7, 11) is 0. The van der Waals surface area contributed by atoms with Gasteiger partial charge in [-0.05, 0) is 30.2 Å². The highest BCUT2D eigenvalue weighted by atomic mass is 35.5. The molecule has 23 heavy (non-hydrogen) atoms. The van der Waals surface area contributed by atoms with Crippen LogP contribution in [0.15, 0.2) is 24.3 Å². The van der Waals surface area contributed by atoms with E-state index in [4.69, 9.17) is 23.2 Å². The fourth-order valence-electron chi connectivity index (χ4n) is 2.48. The fourth-order valence-corrected chi connectivity index (χ4v) is 2.79. The number of halogens is 2. The van der Waals surface area contributed by atoms with Gasteiger partial charge in [0.1, 0.15) is 0 Å². The van der Waals surface area contributed by atoms with Gasteiger partial charge in [-0.3, -0.25) is 9.59 Å². The van der Waals surface area contributed by atoms with E-state index in [1.54, 1.807) is 29.2 Å². The van der Waals surface area contributed by atoms with Crippen molar-refractivity contribution >= 4 is 41.1 Å². The van der Waals surface area contributed by atoms with E-state index in [1.807, 2.05) is 11.8 Å². The number of benzene rings is 1. The van der Waals surface area contributed by atoms with E-state index in [0.29, 0.717) is 36.1 Å². The highest BCUT2D eigenvalue weighted by Gasteiger charge is 2.21. The topological polar surface area (TPSA) is 40.6 Å². The minimum Gasteiger partial charge on any atom is -0.341 e. The lowest BCUT2D eigenvalue weighted by atomic mass is 10.2. The van der Waals surface area contributed by atoms with Crippen molar-refractivity contribution in [1.82, 2.24) is 9.80 Å². The Morgan fingerprint density at radius 3 is 2.70 bits per heavy atom. The molecule has 0 atom stereocenters. The molecule has 124 valence electrons. The van der Waals surface area contributed by atoms with Crippen molar-refractivity contribution < 1.29 is 9.59 Å². The molecule has 1 saturated heterocycles. The Morgan fingerprint density at radius 1 is 1.22 bits per heavy atom. The molecule has 1 fully saturated rings. The molecule has 1 aliphatic heterocycles. The molecule has 0 N–H and O–H groups in total. The smallest absolute Gasteiger partial charge is 0.246 e. The lowest BCUT2D eigenvalue weighted by molar-refractivity contribution is -0.130. The van der Waals surface area contributed by atoms with E-state index in [9.17, 15) is 9.59 Å². The van der Waals surface area contributed by atoms with Crippen LogP contribution in [0.5, 0.6) is 0 Å². The number of rotatable bonds is 4. The van der Waals surface area contributed by atoms with E-state index in [-0.39, 0.29) is 11.8 Å². The Labute approximate surface area is 146 Å². The Bertz CT molecular complexity index is 617. The van der Waals surface area contributed by atoms with E-state index in [2.05, 4.69) is 0 Å². The third-order valence-corrected chi connectivity index (χ3v) is 4.49. The van der Waals surface area contributed by atoms with E-state index in [1.165, 1.54) is 6.08 Å². The molecule has 0 aliphatic carbocycles. The molecule has 2 amide bonds. The van der Waals surface area contributed by atoms with Crippen molar-refractivity contribution in [3.05, 3.63) is 39.9 Å². The number of carbonyl (C=O) groups is 2. The fraction of sp³-hybridized carbons (Fsp3) is 0.412. The van der Waals surface area contributed by atoms with Crippen molar-refractivity contribution in [2.24, 2.45) is 0 Å². The molecule has 1 aromatic rings. The summed E-state index contributed by atoms with van der Waals surface area (Å²) >= 11 is 11.8. The lowest BCUT2D eigenvalue weighted by Gasteiger charge is -2.20. The molecular weight excluding hydrogens is 335 g/mol. The summed E-state index contributed by atoms with van der Waals surface area (Å²) in [4.78, 5) is 27.8. The van der Waals surface area contributed by atoms with Gasteiger partial charge in [-0.2, -0.15) is 0 Å². The van der Waals surface area contributed by atoms with Crippen LogP contribution in [0.4, 0.5) is 0 Å². The summed E-state index contributed by atoms with van der Waals surface area (Å²) in [5.41, 5.74) is 0.811. The third-order valence-electron chi connectivity index (χ3n) is 3.76. The molecule has 0 saturated carbocycles. The van der Waals surface area contributed by atoms with Gasteiger partial charge in [0.15, 0.2) is 0 Å². The molecular formula is C17H20Cl2N2O2. The molecule has 0 unspecified atom stereocenters. The minimum atomic E-state index is -0.0952. The van der Waals surface area contributed by atoms with Gasteiger partial charge in [-0.1, -0.05) is 36.2 Å². The van der Waals surface area contributed by atoms with Gasteiger partial charge < -0.3 is 9.80 Å². The van der Waals surface area contributed by atoms with Gasteiger partial charge in [-0.25, -0.2) is 0 Å². The van der Waals surface area contributed by atoms with Crippen LogP contribution < -0.4 is 0 Å². The Morgan fingerprint density at radius 2 is 2.00 bits per heavy atom. The normalized spacial score (nSPS) is 16.0. The Balaban J connectivity index is 1.98. The molecule has 1 aromatic carbocycles. The first kappa shape index (κ1) is 17.8. The summed E-state index contributed by atoms with van der Waals surface area (Å²) in [5.74, 6) is 0.0258. The number of nitrogens with zero attached hydrogens (tertiary/aromatic N) is 2. The summed E-state index contributed by atoms with van der Waals surface area (Å²) in [6.07, 6.45) is 4.53. The number of carbonyl (C=O) groups excluding carboxylic acids is 2. The standard InChI is InChI=1S/C17H20Cl2N2O2/c1-2-8-20-10-11-21(9-7-17(20)23)16(22)6-4-13-3-5-14(18)15(19)12-13/h3-6,12H,2,7-11H2,1H3. The van der Waals surface area contributed by atoms with Gasteiger partial charge in [0.25, 0.3) is 0 Å². The summed E-state index contributed by atoms with van der Waals surface area (Å²) < 4.78 is 0. The van der Waals surface area contributed by atoms with Crippen molar-refractivity contribution in [1.29, 1.82) is 0 Å². The van der Waals surface area contributed by atoms with Gasteiger partial charge >= 0.3 is 0 Å². The average Bonchev–Trinajstić information content (AvgIpc) is 2.71. The minimum absolute atomic E-state index is 0.0952. The largest absolute Gasteiger partial charge is 0.341 e. The Kier molecular flexibility index (Phi) is 6.48. The second-order valence-corrected chi connectivity index (χ2v) is 6.28. The molecule has 0 spiro atoms. The first-order valence-corrected chi connectivity index (χ1v) is 8.46. The van der Waals surface area contributed by atoms with Crippen LogP contribution in [0.3, 0.4) is 0 Å². The number of hydrogen-bond donors (Lipinski definition) is 0. The molecule has 0 radical (unpaired) electrons. The molecule has 6 heteroatoms. The van der Waals surface area contributed by atoms with E-state index in [0.717, 1.165) is 18.5 Å². The molecule has 1 aliphatic rings. The van der Waals surface area contributed by atoms with Crippen molar-refractivity contribution in [2.75, 3.05) is 26.2 Å². The van der Waals surface area contributed by atoms with Crippen LogP contribution >= 0.6 is 23.2 Å². The molecule has 1 heterocycles. The van der Waals surface area contributed by atoms with Crippen molar-refractivity contribution in [3.8, 4) is 0 Å². The molecule has 0 bridgehead atoms. The third kappa shape index (κ3) is 4.98. The van der Waals surface area contributed by atoms with E-state index < -0.39 is 0 Å². The van der Waals surface area contributed by atoms with Gasteiger partial charge in [0.05, 0.1) is 10.0 Å². The monoisotopic (exact) mass is 354 g/mol. The molecule has 0 aromatic heterocycles. The van der Waals surface area contributed by atoms with Crippen LogP contribution in [0.1, 0.15) is 25.3 Å². The maximum absolute atomic E-state index is 12.3. The summed E-state index contributed by atoms with van der Waals surface area (Å²) in [5, 5.41) is 0.939. The maximum atomic E-state index is 12.3. The molecule has 4 nitrogen and oxygen atoms in total. The van der Waals surface area contributed by atoms with Gasteiger partial charge in [0.2, 0.25) is 11.8 Å². The van der Waals surface area contributed by atoms with Crippen LogP contribution in [-0.4, -0.2) is 47.8 Å². The average molecular weight is 355 g/mol. The van der Waals surface area contributed by atoms with Crippen LogP contribution in [-0.2, 0) is 9.59 Å². The van der Waals surface area contributed by atoms with Crippen LogP contribution in [0.25, 0.3) is 6.08 Å². The number of hydrogen-bond acceptors (Lipinski definition) is 2. The predicted molar refractivity (Wildman–Crippen MR) is 93.6 cm³/mol. The van der Waals surface area contributed by atoms with Crippen LogP contribution in [0.2, 0.25) is 10.0 Å². The van der Waals surface area contributed by atoms with Gasteiger partial charge in [0, 0.05) is 38.7 Å².